The molecular formula is C73H88N2O. The molecule has 7 aliphatic rings. The maximum absolute atomic E-state index is 7.63. The molecule has 76 heavy (non-hydrogen) atoms. The summed E-state index contributed by atoms with van der Waals surface area (Å²) in [4.78, 5) is 12.2. The van der Waals surface area contributed by atoms with Crippen molar-refractivity contribution in [3.05, 3.63) is 164 Å². The smallest absolute Gasteiger partial charge is 0.132 e. The van der Waals surface area contributed by atoms with E-state index in [1.165, 1.54) is 110 Å². The minimum absolute atomic E-state index is 0.0418. The van der Waals surface area contributed by atoms with E-state index in [9.17, 15) is 0 Å². The van der Waals surface area contributed by atoms with Crippen molar-refractivity contribution in [2.45, 2.75) is 225 Å². The summed E-state index contributed by atoms with van der Waals surface area (Å²) in [7, 11) is 0. The van der Waals surface area contributed by atoms with Gasteiger partial charge in [0.1, 0.15) is 16.9 Å². The highest BCUT2D eigenvalue weighted by Gasteiger charge is 2.61. The Labute approximate surface area is 457 Å². The van der Waals surface area contributed by atoms with E-state index in [2.05, 4.69) is 194 Å². The number of hydrogen-bond acceptors (Lipinski definition) is 3. The monoisotopic (exact) mass is 1010 g/mol. The summed E-state index contributed by atoms with van der Waals surface area (Å²) in [5, 5.41) is 0. The zero-order chi connectivity index (χ0) is 53.3. The molecule has 6 unspecified atom stereocenters. The highest BCUT2D eigenvalue weighted by Crippen LogP contribution is 2.68. The van der Waals surface area contributed by atoms with Crippen LogP contribution in [0, 0.1) is 22.7 Å². The predicted octanol–water partition coefficient (Wildman–Crippen LogP) is 19.8. The molecule has 1 aliphatic heterocycles. The molecule has 6 atom stereocenters. The lowest BCUT2D eigenvalue weighted by atomic mass is 9.59. The molecule has 2 fully saturated rings. The molecule has 396 valence electrons. The highest BCUT2D eigenvalue weighted by atomic mass is 16.5. The Morgan fingerprint density at radius 3 is 1.21 bits per heavy atom. The summed E-state index contributed by atoms with van der Waals surface area (Å²) in [5.74, 6) is 6.02. The number of hydrogen-bond donors (Lipinski definition) is 0. The molecule has 13 rings (SSSR count). The molecule has 2 aromatic heterocycles. The lowest BCUT2D eigenvalue weighted by molar-refractivity contribution is 0.125. The summed E-state index contributed by atoms with van der Waals surface area (Å²) >= 11 is 0. The average molecular weight is 1010 g/mol. The van der Waals surface area contributed by atoms with Crippen LogP contribution in [0.1, 0.15) is 265 Å². The Balaban J connectivity index is 1.10. The van der Waals surface area contributed by atoms with Crippen LogP contribution >= 0.6 is 0 Å². The topological polar surface area (TPSA) is 35.0 Å². The molecule has 3 heterocycles. The Kier molecular flexibility index (Phi) is 11.3. The summed E-state index contributed by atoms with van der Waals surface area (Å²) in [6.45, 7) is 34.5. The van der Waals surface area contributed by atoms with Crippen LogP contribution < -0.4 is 4.74 Å². The van der Waals surface area contributed by atoms with E-state index in [0.717, 1.165) is 57.2 Å². The van der Waals surface area contributed by atoms with E-state index in [-0.39, 0.29) is 32.5 Å². The van der Waals surface area contributed by atoms with E-state index in [1.807, 2.05) is 0 Å². The molecule has 0 radical (unpaired) electrons. The van der Waals surface area contributed by atoms with Crippen molar-refractivity contribution in [3.63, 3.8) is 0 Å². The lowest BCUT2D eigenvalue weighted by Crippen LogP contribution is -2.42. The maximum Gasteiger partial charge on any atom is 0.132 e. The van der Waals surface area contributed by atoms with Crippen LogP contribution in [-0.4, -0.2) is 9.97 Å². The molecule has 0 spiro atoms. The van der Waals surface area contributed by atoms with Gasteiger partial charge in [0.2, 0.25) is 0 Å². The first-order valence-corrected chi connectivity index (χ1v) is 30.4. The summed E-state index contributed by atoms with van der Waals surface area (Å²) in [5.41, 5.74) is 19.2. The van der Waals surface area contributed by atoms with Gasteiger partial charge >= 0.3 is 0 Å². The molecule has 0 amide bonds. The second-order valence-electron chi connectivity index (χ2n) is 29.0. The molecule has 4 bridgehead atoms. The van der Waals surface area contributed by atoms with Gasteiger partial charge in [-0.1, -0.05) is 159 Å². The van der Waals surface area contributed by atoms with E-state index in [1.54, 1.807) is 22.3 Å². The average Bonchev–Trinajstić information content (AvgIpc) is 3.56. The number of pyridine rings is 2. The normalized spacial score (nSPS) is 27.8. The van der Waals surface area contributed by atoms with Crippen LogP contribution in [-0.2, 0) is 27.1 Å². The summed E-state index contributed by atoms with van der Waals surface area (Å²) < 4.78 is 7.63. The van der Waals surface area contributed by atoms with Gasteiger partial charge in [-0.2, -0.15) is 0 Å². The molecular weight excluding hydrogens is 921 g/mol. The molecule has 3 nitrogen and oxygen atoms in total. The quantitative estimate of drug-likeness (QED) is 0.167. The van der Waals surface area contributed by atoms with Crippen molar-refractivity contribution in [1.29, 1.82) is 0 Å². The number of ether oxygens (including phenoxy) is 1. The minimum atomic E-state index is -0.940. The molecule has 4 aromatic carbocycles. The van der Waals surface area contributed by atoms with Gasteiger partial charge in [-0.15, -0.1) is 0 Å². The molecule has 2 saturated carbocycles. The zero-order valence-electron chi connectivity index (χ0n) is 49.0. The fourth-order valence-corrected chi connectivity index (χ4v) is 17.8. The third kappa shape index (κ3) is 6.77. The van der Waals surface area contributed by atoms with Crippen LogP contribution in [0.15, 0.2) is 97.1 Å². The Morgan fingerprint density at radius 2 is 0.816 bits per heavy atom. The van der Waals surface area contributed by atoms with Gasteiger partial charge in [0, 0.05) is 22.3 Å². The fraction of sp³-hybridized carbons (Fsp3) is 0.534. The Bertz CT molecular complexity index is 3120. The number of nitrogens with zero attached hydrogens (tertiary/aromatic N) is 2. The summed E-state index contributed by atoms with van der Waals surface area (Å²) in [6, 6.07) is 38.9. The van der Waals surface area contributed by atoms with Gasteiger partial charge in [0.25, 0.3) is 0 Å². The number of benzene rings is 4. The van der Waals surface area contributed by atoms with Gasteiger partial charge in [0.05, 0.1) is 22.8 Å². The van der Waals surface area contributed by atoms with Crippen molar-refractivity contribution >= 4 is 0 Å². The van der Waals surface area contributed by atoms with E-state index >= 15 is 0 Å². The third-order valence-electron chi connectivity index (χ3n) is 24.8. The predicted molar refractivity (Wildman–Crippen MR) is 316 cm³/mol. The Hall–Kier alpha value is -5.02. The van der Waals surface area contributed by atoms with Gasteiger partial charge in [-0.3, -0.25) is 9.97 Å². The van der Waals surface area contributed by atoms with Crippen LogP contribution in [0.5, 0.6) is 11.5 Å². The third-order valence-corrected chi connectivity index (χ3v) is 24.8. The zero-order valence-corrected chi connectivity index (χ0v) is 49.0. The van der Waals surface area contributed by atoms with Gasteiger partial charge in [-0.25, -0.2) is 0 Å². The molecule has 6 aromatic rings. The van der Waals surface area contributed by atoms with Crippen LogP contribution in [0.3, 0.4) is 0 Å². The van der Waals surface area contributed by atoms with Crippen LogP contribution in [0.2, 0.25) is 0 Å². The SMILES string of the molecule is CCC1CC2CCCC(C2)c2cc(-c3cccc(C4(c5cccc(-c6ccc7c(c6)C6CCCC(CC7CC)C6)n5)c5cc6c(cc5Oc5cc7c(cc54)C(C)(C)C(C)(C)C7(C)C)C(C)(C)C(C)(C)C6(C)C)n3)ccc21. The second kappa shape index (κ2) is 17.0. The Morgan fingerprint density at radius 1 is 0.421 bits per heavy atom. The van der Waals surface area contributed by atoms with Crippen molar-refractivity contribution in [2.75, 3.05) is 0 Å². The lowest BCUT2D eigenvalue weighted by Gasteiger charge is -2.44. The molecule has 3 heteroatoms. The minimum Gasteiger partial charge on any atom is -0.457 e. The first kappa shape index (κ1) is 50.5. The van der Waals surface area contributed by atoms with Gasteiger partial charge in [-0.05, 0) is 225 Å². The van der Waals surface area contributed by atoms with Crippen molar-refractivity contribution < 1.29 is 4.74 Å². The van der Waals surface area contributed by atoms with Gasteiger partial charge < -0.3 is 4.74 Å². The molecule has 0 N–H and O–H groups in total. The number of aromatic nitrogens is 2. The van der Waals surface area contributed by atoms with Crippen molar-refractivity contribution in [2.24, 2.45) is 22.7 Å². The van der Waals surface area contributed by atoms with Crippen LogP contribution in [0.4, 0.5) is 0 Å². The van der Waals surface area contributed by atoms with Crippen molar-refractivity contribution in [1.82, 2.24) is 9.97 Å². The van der Waals surface area contributed by atoms with E-state index in [0.29, 0.717) is 23.7 Å². The largest absolute Gasteiger partial charge is 0.457 e. The first-order chi connectivity index (χ1) is 36.1. The fourth-order valence-electron chi connectivity index (χ4n) is 17.8. The second-order valence-corrected chi connectivity index (χ2v) is 29.0. The van der Waals surface area contributed by atoms with Gasteiger partial charge in [0.15, 0.2) is 0 Å². The highest BCUT2D eigenvalue weighted by molar-refractivity contribution is 5.75. The van der Waals surface area contributed by atoms with E-state index in [4.69, 9.17) is 14.7 Å². The van der Waals surface area contributed by atoms with E-state index < -0.39 is 5.41 Å². The first-order valence-electron chi connectivity index (χ1n) is 30.4. The number of fused-ring (bicyclic) bond motifs is 12. The molecule has 0 saturated heterocycles. The van der Waals surface area contributed by atoms with Crippen LogP contribution in [0.25, 0.3) is 22.5 Å². The summed E-state index contributed by atoms with van der Waals surface area (Å²) in [6.07, 6.45) is 15.8. The standard InChI is InChI=1S/C73H88N2O/c1-15-45-33-43-21-17-23-47(35-43)53-37-49(29-31-51(45)53)61-25-19-27-65(74-61)73(66-28-20-26-62(75-66)50-30-32-52-46(16-2)34-44-22-18-24-48(36-44)54(52)38-50)59-39-55-57(69(7,8)71(11,12)67(55,3)4)41-63(59)76-64-42-58-56(40-60(64)73)68(5,6)72(13,14)70(58,9)10/h19-20,25-32,37-48H,15-18,21-24,33-36H2,1-14H3. The maximum atomic E-state index is 7.63. The van der Waals surface area contributed by atoms with Crippen molar-refractivity contribution in [3.8, 4) is 34.0 Å². The molecule has 6 aliphatic carbocycles. The number of rotatable bonds is 6.